The van der Waals surface area contributed by atoms with Gasteiger partial charge in [-0.1, -0.05) is 0 Å². The molecule has 0 saturated carbocycles. The molecule has 1 aliphatic rings. The molecule has 0 aliphatic carbocycles. The fourth-order valence-corrected chi connectivity index (χ4v) is 0.194. The van der Waals surface area contributed by atoms with Crippen LogP contribution in [-0.4, -0.2) is 7.07 Å². The molecular formula is C2H3BNO2+. The molecule has 1 N–H and O–H groups in total. The molecule has 4 heteroatoms. The zero-order chi connectivity index (χ0) is 4.24. The van der Waals surface area contributed by atoms with Gasteiger partial charge in [0, 0.05) is 0 Å². The third-order valence-corrected chi connectivity index (χ3v) is 0.395. The van der Waals surface area contributed by atoms with Crippen LogP contribution in [0.15, 0.2) is 12.2 Å². The van der Waals surface area contributed by atoms with E-state index >= 15 is 0 Å². The molecule has 0 atom stereocenters. The summed E-state index contributed by atoms with van der Waals surface area (Å²) in [6.07, 6.45) is 1.43. The van der Waals surface area contributed by atoms with Gasteiger partial charge in [0.05, 0.1) is 0 Å². The van der Waals surface area contributed by atoms with Gasteiger partial charge in [-0.05, 0) is 0 Å². The standard InChI is InChI=1S/C2H3BNO2/c1-2-5-6-4-3-1/h1-2,4H/q+1. The maximum atomic E-state index is 4.25. The molecule has 1 aliphatic heterocycles. The molecule has 0 aromatic carbocycles. The predicted octanol–water partition coefficient (Wildman–Crippen LogP) is -1.70. The monoisotopic (exact) mass is 84.0 g/mol. The number of hydrogen-bond donors (Lipinski definition) is 1. The van der Waals surface area contributed by atoms with Gasteiger partial charge < -0.3 is 0 Å². The summed E-state index contributed by atoms with van der Waals surface area (Å²) in [6, 6.07) is 0. The van der Waals surface area contributed by atoms with Gasteiger partial charge in [-0.2, -0.15) is 0 Å². The number of nitrogens with one attached hydrogen (secondary N) is 1. The minimum atomic E-state index is 1.43. The van der Waals surface area contributed by atoms with Crippen molar-refractivity contribution in [2.75, 3.05) is 0 Å². The van der Waals surface area contributed by atoms with Crippen molar-refractivity contribution in [3.63, 3.8) is 0 Å². The van der Waals surface area contributed by atoms with Crippen LogP contribution in [0.25, 0.3) is 0 Å². The normalized spacial score (nSPS) is 14.7. The Hall–Kier alpha value is -0.795. The maximum absolute atomic E-state index is 4.25. The van der Waals surface area contributed by atoms with Crippen LogP contribution in [0.5, 0.6) is 0 Å². The molecule has 1 rings (SSSR count). The van der Waals surface area contributed by atoms with Crippen LogP contribution in [0.1, 0.15) is 0 Å². The van der Waals surface area contributed by atoms with E-state index in [0.717, 1.165) is 0 Å². The van der Waals surface area contributed by atoms with Gasteiger partial charge in [0.25, 0.3) is 0 Å². The first-order valence-electron chi connectivity index (χ1n) is 1.56. The van der Waals surface area contributed by atoms with Gasteiger partial charge in [0.15, 0.2) is 0 Å². The van der Waals surface area contributed by atoms with Crippen LogP contribution < -0.4 is 5.06 Å². The zero-order valence-electron chi connectivity index (χ0n) is 3.05. The van der Waals surface area contributed by atoms with E-state index in [2.05, 4.69) is 14.9 Å². The second kappa shape index (κ2) is 1.59. The van der Waals surface area contributed by atoms with E-state index < -0.39 is 0 Å². The summed E-state index contributed by atoms with van der Waals surface area (Å²) in [7, 11) is 1.61. The van der Waals surface area contributed by atoms with Crippen molar-refractivity contribution >= 4 is 7.07 Å². The average Bonchev–Trinajstić information content (AvgIpc) is 1.72. The second-order valence-corrected chi connectivity index (χ2v) is 0.793. The first-order chi connectivity index (χ1) is 3.00. The molecule has 0 spiro atoms. The fraction of sp³-hybridized carbons (Fsp3) is 0. The van der Waals surface area contributed by atoms with E-state index in [1.807, 2.05) is 0 Å². The molecule has 6 heavy (non-hydrogen) atoms. The molecule has 0 amide bonds. The van der Waals surface area contributed by atoms with E-state index in [0.29, 0.717) is 0 Å². The van der Waals surface area contributed by atoms with E-state index in [1.54, 1.807) is 13.0 Å². The molecule has 0 unspecified atom stereocenters. The Bertz CT molecular complexity index is 77.5. The molecule has 0 bridgehead atoms. The summed E-state index contributed by atoms with van der Waals surface area (Å²) >= 11 is 0. The summed E-state index contributed by atoms with van der Waals surface area (Å²) in [5.41, 5.74) is 0. The van der Waals surface area contributed by atoms with Crippen molar-refractivity contribution in [3.05, 3.63) is 12.2 Å². The van der Waals surface area contributed by atoms with Gasteiger partial charge in [-0.3, -0.25) is 0 Å². The van der Waals surface area contributed by atoms with Crippen LogP contribution in [0.3, 0.4) is 0 Å². The van der Waals surface area contributed by atoms with Crippen molar-refractivity contribution in [3.8, 4) is 0 Å². The van der Waals surface area contributed by atoms with E-state index in [4.69, 9.17) is 0 Å². The first kappa shape index (κ1) is 3.40. The average molecular weight is 83.9 g/mol. The van der Waals surface area contributed by atoms with Crippen molar-refractivity contribution in [1.82, 2.24) is 0 Å². The molecule has 0 radical (unpaired) electrons. The molecule has 0 aromatic rings. The molecule has 0 saturated heterocycles. The molecule has 30 valence electrons. The molecule has 0 aromatic heterocycles. The van der Waals surface area contributed by atoms with Crippen molar-refractivity contribution in [2.45, 2.75) is 0 Å². The second-order valence-electron chi connectivity index (χ2n) is 0.793. The Morgan fingerprint density at radius 2 is 2.67 bits per heavy atom. The Labute approximate surface area is 35.4 Å². The number of rotatable bonds is 0. The fourth-order valence-electron chi connectivity index (χ4n) is 0.194. The summed E-state index contributed by atoms with van der Waals surface area (Å²) in [6.45, 7) is 0. The van der Waals surface area contributed by atoms with Gasteiger partial charge in [-0.25, -0.2) is 0 Å². The summed E-state index contributed by atoms with van der Waals surface area (Å²) < 4.78 is 0. The van der Waals surface area contributed by atoms with Crippen LogP contribution in [0, 0.1) is 0 Å². The van der Waals surface area contributed by atoms with Gasteiger partial charge in [0.1, 0.15) is 0 Å². The van der Waals surface area contributed by atoms with E-state index in [1.165, 1.54) is 6.26 Å². The van der Waals surface area contributed by atoms with Crippen molar-refractivity contribution in [2.24, 2.45) is 0 Å². The Morgan fingerprint density at radius 1 is 1.67 bits per heavy atom. The van der Waals surface area contributed by atoms with E-state index in [9.17, 15) is 0 Å². The minimum absolute atomic E-state index is 1.43. The van der Waals surface area contributed by atoms with Gasteiger partial charge in [0.2, 0.25) is 0 Å². The van der Waals surface area contributed by atoms with Crippen molar-refractivity contribution < 1.29 is 14.9 Å². The third kappa shape index (κ3) is 0.575. The summed E-state index contributed by atoms with van der Waals surface area (Å²) in [5, 5.41) is 2.35. The molecule has 0 fully saturated rings. The SMILES string of the molecule is B1=[NH+]OOC=C1. The summed E-state index contributed by atoms with van der Waals surface area (Å²) in [4.78, 5) is 8.42. The zero-order valence-corrected chi connectivity index (χ0v) is 3.05. The van der Waals surface area contributed by atoms with Crippen molar-refractivity contribution in [1.29, 1.82) is 0 Å². The van der Waals surface area contributed by atoms with Crippen LogP contribution >= 0.6 is 0 Å². The predicted molar refractivity (Wildman–Crippen MR) is 18.0 cm³/mol. The topological polar surface area (TPSA) is 32.4 Å². The number of hydrogen-bond acceptors (Lipinski definition) is 2. The van der Waals surface area contributed by atoms with Crippen LogP contribution in [0.2, 0.25) is 0 Å². The first-order valence-corrected chi connectivity index (χ1v) is 1.56. The van der Waals surface area contributed by atoms with E-state index in [-0.39, 0.29) is 0 Å². The third-order valence-electron chi connectivity index (χ3n) is 0.395. The Balaban J connectivity index is 2.46. The van der Waals surface area contributed by atoms with Crippen LogP contribution in [0.4, 0.5) is 0 Å². The molecular weight excluding hydrogens is 80.8 g/mol. The summed E-state index contributed by atoms with van der Waals surface area (Å²) in [5.74, 6) is 1.68. The Morgan fingerprint density at radius 3 is 2.83 bits per heavy atom. The van der Waals surface area contributed by atoms with Crippen LogP contribution in [-0.2, 0) is 9.88 Å². The quantitative estimate of drug-likeness (QED) is 0.280. The van der Waals surface area contributed by atoms with Gasteiger partial charge in [-0.15, -0.1) is 0 Å². The molecule has 3 nitrogen and oxygen atoms in total. The van der Waals surface area contributed by atoms with Gasteiger partial charge >= 0.3 is 34.2 Å². The Kier molecular flexibility index (Phi) is 0.903. The molecule has 1 heterocycles.